The fourth-order valence-corrected chi connectivity index (χ4v) is 2.06. The van der Waals surface area contributed by atoms with Crippen molar-refractivity contribution >= 4 is 11.8 Å². The molecule has 1 aliphatic heterocycles. The van der Waals surface area contributed by atoms with Crippen LogP contribution in [-0.4, -0.2) is 26.7 Å². The fraction of sp³-hybridized carbons (Fsp3) is 0.545. The van der Waals surface area contributed by atoms with Gasteiger partial charge in [-0.25, -0.2) is 4.98 Å². The largest absolute Gasteiger partial charge is 0.347 e. The minimum Gasteiger partial charge on any atom is -0.347 e. The van der Waals surface area contributed by atoms with E-state index in [1.165, 1.54) is 4.90 Å². The van der Waals surface area contributed by atoms with Gasteiger partial charge in [-0.2, -0.15) is 0 Å². The summed E-state index contributed by atoms with van der Waals surface area (Å²) in [7, 11) is 0. The van der Waals surface area contributed by atoms with Crippen LogP contribution in [0.25, 0.3) is 0 Å². The lowest BCUT2D eigenvalue weighted by Gasteiger charge is -2.32. The molecule has 2 rings (SSSR count). The van der Waals surface area contributed by atoms with Crippen LogP contribution in [-0.2, 0) is 9.59 Å². The van der Waals surface area contributed by atoms with E-state index in [4.69, 9.17) is 0 Å². The number of rotatable bonds is 2. The highest BCUT2D eigenvalue weighted by Gasteiger charge is 2.34. The van der Waals surface area contributed by atoms with E-state index in [0.717, 1.165) is 0 Å². The number of hydrogen-bond donors (Lipinski definition) is 1. The molecule has 1 saturated heterocycles. The molecular formula is C11H15N3O2. The predicted molar refractivity (Wildman–Crippen MR) is 57.3 cm³/mol. The van der Waals surface area contributed by atoms with Crippen LogP contribution in [0.4, 0.5) is 0 Å². The Hall–Kier alpha value is -1.65. The van der Waals surface area contributed by atoms with Crippen molar-refractivity contribution in [1.29, 1.82) is 0 Å². The summed E-state index contributed by atoms with van der Waals surface area (Å²) >= 11 is 0. The average molecular weight is 221 g/mol. The summed E-state index contributed by atoms with van der Waals surface area (Å²) in [4.78, 5) is 32.0. The third-order valence-corrected chi connectivity index (χ3v) is 2.89. The summed E-state index contributed by atoms with van der Waals surface area (Å²) in [6.07, 6.45) is 4.19. The number of hydrogen-bond acceptors (Lipinski definition) is 3. The molecule has 5 nitrogen and oxygen atoms in total. The predicted octanol–water partition coefficient (Wildman–Crippen LogP) is 1.26. The van der Waals surface area contributed by atoms with Crippen LogP contribution in [0, 0.1) is 5.92 Å². The Morgan fingerprint density at radius 3 is 2.56 bits per heavy atom. The third kappa shape index (κ3) is 1.85. The zero-order valence-electron chi connectivity index (χ0n) is 9.43. The van der Waals surface area contributed by atoms with E-state index in [1.54, 1.807) is 12.4 Å². The number of nitrogens with one attached hydrogen (secondary N) is 1. The normalized spacial score (nSPS) is 20.2. The molecule has 1 aromatic rings. The number of imidazole rings is 1. The van der Waals surface area contributed by atoms with E-state index < -0.39 is 0 Å². The van der Waals surface area contributed by atoms with Gasteiger partial charge in [0.15, 0.2) is 0 Å². The molecule has 1 aromatic heterocycles. The number of carbonyl (C=O) groups is 2. The Morgan fingerprint density at radius 1 is 1.44 bits per heavy atom. The minimum absolute atomic E-state index is 0.104. The topological polar surface area (TPSA) is 66.1 Å². The lowest BCUT2D eigenvalue weighted by atomic mass is 9.96. The number of likely N-dealkylation sites (tertiary alicyclic amines) is 1. The van der Waals surface area contributed by atoms with Gasteiger partial charge in [-0.05, 0) is 12.8 Å². The standard InChI is InChI=1S/C11H15N3O2/c1-7-5-9(15)14(10(16)6-7)8(2)11-12-3-4-13-11/h3-4,7-8H,5-6H2,1-2H3,(H,12,13). The maximum atomic E-state index is 11.8. The lowest BCUT2D eigenvalue weighted by Crippen LogP contribution is -2.44. The van der Waals surface area contributed by atoms with Crippen molar-refractivity contribution < 1.29 is 9.59 Å². The first kappa shape index (κ1) is 10.9. The van der Waals surface area contributed by atoms with Gasteiger partial charge in [0, 0.05) is 25.2 Å². The molecule has 0 aliphatic carbocycles. The number of aromatic nitrogens is 2. The van der Waals surface area contributed by atoms with E-state index in [2.05, 4.69) is 9.97 Å². The first-order valence-electron chi connectivity index (χ1n) is 5.43. The van der Waals surface area contributed by atoms with Crippen molar-refractivity contribution in [1.82, 2.24) is 14.9 Å². The van der Waals surface area contributed by atoms with E-state index in [1.807, 2.05) is 13.8 Å². The number of imide groups is 1. The molecule has 5 heteroatoms. The SMILES string of the molecule is CC1CC(=O)N(C(C)c2ncc[nH]2)C(=O)C1. The average Bonchev–Trinajstić information content (AvgIpc) is 2.67. The van der Waals surface area contributed by atoms with Crippen molar-refractivity contribution in [2.45, 2.75) is 32.7 Å². The van der Waals surface area contributed by atoms with Crippen LogP contribution in [0.5, 0.6) is 0 Å². The van der Waals surface area contributed by atoms with Crippen LogP contribution in [0.3, 0.4) is 0 Å². The van der Waals surface area contributed by atoms with Crippen molar-refractivity contribution in [3.05, 3.63) is 18.2 Å². The highest BCUT2D eigenvalue weighted by Crippen LogP contribution is 2.26. The summed E-state index contributed by atoms with van der Waals surface area (Å²) in [6.45, 7) is 3.73. The van der Waals surface area contributed by atoms with Crippen molar-refractivity contribution in [3.8, 4) is 0 Å². The van der Waals surface area contributed by atoms with Crippen LogP contribution in [0.2, 0.25) is 0 Å². The van der Waals surface area contributed by atoms with E-state index in [-0.39, 0.29) is 23.8 Å². The Balaban J connectivity index is 2.20. The minimum atomic E-state index is -0.303. The van der Waals surface area contributed by atoms with E-state index >= 15 is 0 Å². The Labute approximate surface area is 93.9 Å². The maximum absolute atomic E-state index is 11.8. The number of carbonyl (C=O) groups excluding carboxylic acids is 2. The summed E-state index contributed by atoms with van der Waals surface area (Å²) < 4.78 is 0. The van der Waals surface area contributed by atoms with Gasteiger partial charge < -0.3 is 4.98 Å². The molecule has 1 aliphatic rings. The van der Waals surface area contributed by atoms with Gasteiger partial charge in [0.1, 0.15) is 5.82 Å². The lowest BCUT2D eigenvalue weighted by molar-refractivity contribution is -0.152. The molecule has 86 valence electrons. The van der Waals surface area contributed by atoms with Gasteiger partial charge in [-0.3, -0.25) is 14.5 Å². The Kier molecular flexibility index (Phi) is 2.77. The summed E-state index contributed by atoms with van der Waals surface area (Å²) in [5.41, 5.74) is 0. The van der Waals surface area contributed by atoms with Crippen LogP contribution >= 0.6 is 0 Å². The van der Waals surface area contributed by atoms with Gasteiger partial charge in [0.05, 0.1) is 6.04 Å². The molecule has 1 unspecified atom stereocenters. The summed E-state index contributed by atoms with van der Waals surface area (Å²) in [5.74, 6) is 0.594. The molecule has 1 N–H and O–H groups in total. The monoisotopic (exact) mass is 221 g/mol. The second kappa shape index (κ2) is 4.08. The molecule has 2 amide bonds. The summed E-state index contributed by atoms with van der Waals surface area (Å²) in [6, 6.07) is -0.303. The van der Waals surface area contributed by atoms with Gasteiger partial charge in [0.2, 0.25) is 11.8 Å². The molecule has 0 saturated carbocycles. The van der Waals surface area contributed by atoms with Crippen molar-refractivity contribution in [2.24, 2.45) is 5.92 Å². The van der Waals surface area contributed by atoms with Gasteiger partial charge in [-0.15, -0.1) is 0 Å². The van der Waals surface area contributed by atoms with Gasteiger partial charge >= 0.3 is 0 Å². The smallest absolute Gasteiger partial charge is 0.230 e. The molecule has 0 radical (unpaired) electrons. The molecule has 2 heterocycles. The maximum Gasteiger partial charge on any atom is 0.230 e. The molecule has 0 bridgehead atoms. The molecular weight excluding hydrogens is 206 g/mol. The summed E-state index contributed by atoms with van der Waals surface area (Å²) in [5, 5.41) is 0. The number of aromatic amines is 1. The van der Waals surface area contributed by atoms with Crippen molar-refractivity contribution in [3.63, 3.8) is 0 Å². The van der Waals surface area contributed by atoms with Crippen LogP contribution < -0.4 is 0 Å². The van der Waals surface area contributed by atoms with Gasteiger partial charge in [-0.1, -0.05) is 6.92 Å². The first-order chi connectivity index (χ1) is 7.59. The van der Waals surface area contributed by atoms with E-state index in [9.17, 15) is 9.59 Å². The quantitative estimate of drug-likeness (QED) is 0.764. The van der Waals surface area contributed by atoms with Crippen molar-refractivity contribution in [2.75, 3.05) is 0 Å². The third-order valence-electron chi connectivity index (χ3n) is 2.89. The number of H-pyrrole nitrogens is 1. The highest BCUT2D eigenvalue weighted by molar-refractivity contribution is 5.98. The second-order valence-electron chi connectivity index (χ2n) is 4.32. The van der Waals surface area contributed by atoms with E-state index in [0.29, 0.717) is 18.7 Å². The molecule has 16 heavy (non-hydrogen) atoms. The molecule has 1 atom stereocenters. The Bertz CT molecular complexity index is 381. The fourth-order valence-electron chi connectivity index (χ4n) is 2.06. The molecule has 0 spiro atoms. The second-order valence-corrected chi connectivity index (χ2v) is 4.32. The Morgan fingerprint density at radius 2 is 2.06 bits per heavy atom. The van der Waals surface area contributed by atoms with Crippen LogP contribution in [0.1, 0.15) is 38.6 Å². The highest BCUT2D eigenvalue weighted by atomic mass is 16.2. The molecule has 0 aromatic carbocycles. The zero-order valence-corrected chi connectivity index (χ0v) is 9.43. The number of nitrogens with zero attached hydrogens (tertiary/aromatic N) is 2. The van der Waals surface area contributed by atoms with Gasteiger partial charge in [0.25, 0.3) is 0 Å². The number of amides is 2. The van der Waals surface area contributed by atoms with Crippen LogP contribution in [0.15, 0.2) is 12.4 Å². The molecule has 1 fully saturated rings. The zero-order chi connectivity index (χ0) is 11.7. The first-order valence-corrected chi connectivity index (χ1v) is 5.43. The number of piperidine rings is 1.